The molecule has 0 radical (unpaired) electrons. The van der Waals surface area contributed by atoms with Gasteiger partial charge in [0.1, 0.15) is 5.69 Å². The van der Waals surface area contributed by atoms with Gasteiger partial charge < -0.3 is 15.7 Å². The first-order valence-corrected chi connectivity index (χ1v) is 8.37. The maximum absolute atomic E-state index is 11.8. The molecule has 0 atom stereocenters. The zero-order chi connectivity index (χ0) is 16.7. The number of nitrogens with zero attached hydrogens (tertiary/aromatic N) is 2. The summed E-state index contributed by atoms with van der Waals surface area (Å²) in [7, 11) is 0. The fourth-order valence-corrected chi connectivity index (χ4v) is 2.50. The van der Waals surface area contributed by atoms with Crippen LogP contribution in [0.2, 0.25) is 0 Å². The van der Waals surface area contributed by atoms with Gasteiger partial charge in [0.2, 0.25) is 0 Å². The predicted molar refractivity (Wildman–Crippen MR) is 92.5 cm³/mol. The number of anilines is 1. The molecule has 0 bridgehead atoms. The lowest BCUT2D eigenvalue weighted by Crippen LogP contribution is -2.30. The van der Waals surface area contributed by atoms with Gasteiger partial charge in [-0.2, -0.15) is 0 Å². The Bertz CT molecular complexity index is 612. The molecule has 0 saturated carbocycles. The number of urea groups is 1. The van der Waals surface area contributed by atoms with E-state index in [-0.39, 0.29) is 18.1 Å². The molecule has 2 aromatic rings. The first kappa shape index (κ1) is 17.4. The number of carbonyl (C=O) groups is 1. The van der Waals surface area contributed by atoms with Crippen LogP contribution in [0.15, 0.2) is 29.6 Å². The summed E-state index contributed by atoms with van der Waals surface area (Å²) >= 11 is 1.31. The summed E-state index contributed by atoms with van der Waals surface area (Å²) < 4.78 is 3.83. The quantitative estimate of drug-likeness (QED) is 0.679. The summed E-state index contributed by atoms with van der Waals surface area (Å²) in [5.41, 5.74) is 2.43. The number of amides is 2. The average Bonchev–Trinajstić information content (AvgIpc) is 3.07. The molecule has 0 unspecified atom stereocenters. The fraction of sp³-hybridized carbons (Fsp3) is 0.438. The Balaban J connectivity index is 1.75. The first-order chi connectivity index (χ1) is 11.0. The molecule has 0 spiro atoms. The van der Waals surface area contributed by atoms with Crippen LogP contribution in [0.1, 0.15) is 26.7 Å². The van der Waals surface area contributed by atoms with Gasteiger partial charge >= 0.3 is 6.03 Å². The lowest BCUT2D eigenvalue weighted by atomic mass is 9.89. The molecule has 2 amide bonds. The van der Waals surface area contributed by atoms with Crippen molar-refractivity contribution >= 4 is 23.3 Å². The summed E-state index contributed by atoms with van der Waals surface area (Å²) in [6.07, 6.45) is 1.69. The SMILES string of the molecule is CC(C)(CO)CCCNC(=O)Nc1ccc(-c2csnn2)cc1. The van der Waals surface area contributed by atoms with Gasteiger partial charge in [-0.05, 0) is 41.9 Å². The summed E-state index contributed by atoms with van der Waals surface area (Å²) in [4.78, 5) is 11.8. The average molecular weight is 334 g/mol. The van der Waals surface area contributed by atoms with Crippen LogP contribution < -0.4 is 10.6 Å². The number of nitrogens with one attached hydrogen (secondary N) is 2. The lowest BCUT2D eigenvalue weighted by Gasteiger charge is -2.21. The highest BCUT2D eigenvalue weighted by molar-refractivity contribution is 7.03. The Hall–Kier alpha value is -1.99. The molecule has 0 aliphatic carbocycles. The molecule has 7 heteroatoms. The highest BCUT2D eigenvalue weighted by Gasteiger charge is 2.15. The number of aliphatic hydroxyl groups is 1. The van der Waals surface area contributed by atoms with Crippen LogP contribution in [0.25, 0.3) is 11.3 Å². The Morgan fingerprint density at radius 1 is 1.30 bits per heavy atom. The lowest BCUT2D eigenvalue weighted by molar-refractivity contribution is 0.148. The van der Waals surface area contributed by atoms with Gasteiger partial charge in [-0.1, -0.05) is 30.5 Å². The number of aliphatic hydroxyl groups excluding tert-OH is 1. The van der Waals surface area contributed by atoms with E-state index >= 15 is 0 Å². The summed E-state index contributed by atoms with van der Waals surface area (Å²) in [6.45, 7) is 4.75. The number of aromatic nitrogens is 2. The minimum atomic E-state index is -0.227. The maximum atomic E-state index is 11.8. The second-order valence-corrected chi connectivity index (χ2v) is 6.78. The van der Waals surface area contributed by atoms with Gasteiger partial charge in [-0.25, -0.2) is 4.79 Å². The van der Waals surface area contributed by atoms with Gasteiger partial charge in [0.15, 0.2) is 0 Å². The van der Waals surface area contributed by atoms with E-state index in [1.807, 2.05) is 43.5 Å². The summed E-state index contributed by atoms with van der Waals surface area (Å²) in [5, 5.41) is 20.7. The van der Waals surface area contributed by atoms with Crippen LogP contribution >= 0.6 is 11.5 Å². The number of benzene rings is 1. The van der Waals surface area contributed by atoms with E-state index in [1.165, 1.54) is 11.5 Å². The van der Waals surface area contributed by atoms with E-state index < -0.39 is 0 Å². The van der Waals surface area contributed by atoms with Crippen molar-refractivity contribution in [1.82, 2.24) is 14.9 Å². The summed E-state index contributed by atoms with van der Waals surface area (Å²) in [6, 6.07) is 7.24. The molecule has 6 nitrogen and oxygen atoms in total. The third-order valence-electron chi connectivity index (χ3n) is 3.54. The minimum Gasteiger partial charge on any atom is -0.396 e. The van der Waals surface area contributed by atoms with Crippen molar-refractivity contribution in [2.24, 2.45) is 5.41 Å². The Labute approximate surface area is 140 Å². The van der Waals surface area contributed by atoms with E-state index in [4.69, 9.17) is 0 Å². The molecule has 1 aromatic heterocycles. The number of hydrogen-bond donors (Lipinski definition) is 3. The van der Waals surface area contributed by atoms with Crippen molar-refractivity contribution in [2.45, 2.75) is 26.7 Å². The van der Waals surface area contributed by atoms with Crippen molar-refractivity contribution in [3.8, 4) is 11.3 Å². The normalized spacial score (nSPS) is 11.3. The van der Waals surface area contributed by atoms with Gasteiger partial charge in [0, 0.05) is 29.8 Å². The third-order valence-corrected chi connectivity index (χ3v) is 4.05. The Morgan fingerprint density at radius 3 is 2.65 bits per heavy atom. The van der Waals surface area contributed by atoms with Gasteiger partial charge in [0.05, 0.1) is 0 Å². The molecule has 2 rings (SSSR count). The molecule has 0 aliphatic rings. The van der Waals surface area contributed by atoms with Crippen molar-refractivity contribution in [1.29, 1.82) is 0 Å². The first-order valence-electron chi connectivity index (χ1n) is 7.53. The zero-order valence-corrected chi connectivity index (χ0v) is 14.2. The van der Waals surface area contributed by atoms with E-state index in [9.17, 15) is 9.90 Å². The third kappa shape index (κ3) is 5.61. The summed E-state index contributed by atoms with van der Waals surface area (Å²) in [5.74, 6) is 0. The van der Waals surface area contributed by atoms with Crippen LogP contribution in [-0.2, 0) is 0 Å². The molecular weight excluding hydrogens is 312 g/mol. The molecule has 1 aromatic carbocycles. The molecule has 124 valence electrons. The van der Waals surface area contributed by atoms with Crippen molar-refractivity contribution in [2.75, 3.05) is 18.5 Å². The molecular formula is C16H22N4O2S. The predicted octanol–water partition coefficient (Wildman–Crippen LogP) is 3.13. The van der Waals surface area contributed by atoms with Crippen molar-refractivity contribution in [3.63, 3.8) is 0 Å². The highest BCUT2D eigenvalue weighted by atomic mass is 32.1. The number of rotatable bonds is 7. The second-order valence-electron chi connectivity index (χ2n) is 6.17. The van der Waals surface area contributed by atoms with Gasteiger partial charge in [-0.15, -0.1) is 5.10 Å². The van der Waals surface area contributed by atoms with Crippen LogP contribution in [0.4, 0.5) is 10.5 Å². The molecule has 23 heavy (non-hydrogen) atoms. The maximum Gasteiger partial charge on any atom is 0.319 e. The molecule has 0 saturated heterocycles. The smallest absolute Gasteiger partial charge is 0.319 e. The van der Waals surface area contributed by atoms with E-state index in [1.54, 1.807) is 0 Å². The minimum absolute atomic E-state index is 0.0987. The highest BCUT2D eigenvalue weighted by Crippen LogP contribution is 2.21. The van der Waals surface area contributed by atoms with Gasteiger partial charge in [-0.3, -0.25) is 0 Å². The van der Waals surface area contributed by atoms with Gasteiger partial charge in [0.25, 0.3) is 0 Å². The van der Waals surface area contributed by atoms with E-state index in [2.05, 4.69) is 20.2 Å². The molecule has 1 heterocycles. The molecule has 3 N–H and O–H groups in total. The van der Waals surface area contributed by atoms with Crippen LogP contribution in [-0.4, -0.2) is 33.9 Å². The standard InChI is InChI=1S/C16H22N4O2S/c1-16(2,11-21)8-3-9-17-15(22)18-13-6-4-12(5-7-13)14-10-23-20-19-14/h4-7,10,21H,3,8-9,11H2,1-2H3,(H2,17,18,22). The number of hydrogen-bond acceptors (Lipinski definition) is 5. The van der Waals surface area contributed by atoms with Crippen LogP contribution in [0.3, 0.4) is 0 Å². The van der Waals surface area contributed by atoms with Crippen molar-refractivity contribution in [3.05, 3.63) is 29.6 Å². The van der Waals surface area contributed by atoms with Crippen LogP contribution in [0, 0.1) is 5.41 Å². The Morgan fingerprint density at radius 2 is 2.04 bits per heavy atom. The second kappa shape index (κ2) is 8.03. The Kier molecular flexibility index (Phi) is 6.06. The number of carbonyl (C=O) groups excluding carboxylic acids is 1. The monoisotopic (exact) mass is 334 g/mol. The molecule has 0 fully saturated rings. The van der Waals surface area contributed by atoms with E-state index in [0.29, 0.717) is 6.54 Å². The van der Waals surface area contributed by atoms with Crippen molar-refractivity contribution < 1.29 is 9.90 Å². The fourth-order valence-electron chi connectivity index (χ4n) is 2.04. The van der Waals surface area contributed by atoms with E-state index in [0.717, 1.165) is 29.8 Å². The largest absolute Gasteiger partial charge is 0.396 e. The molecule has 0 aliphatic heterocycles. The topological polar surface area (TPSA) is 87.1 Å². The zero-order valence-electron chi connectivity index (χ0n) is 13.4. The van der Waals surface area contributed by atoms with Crippen LogP contribution in [0.5, 0.6) is 0 Å².